The molecule has 1 aromatic heterocycles. The van der Waals surface area contributed by atoms with E-state index < -0.39 is 54.5 Å². The van der Waals surface area contributed by atoms with Crippen LogP contribution in [0, 0.1) is 11.6 Å². The van der Waals surface area contributed by atoms with E-state index in [2.05, 4.69) is 10.3 Å². The number of ketones is 1. The maximum absolute atomic E-state index is 13.8. The zero-order valence-electron chi connectivity index (χ0n) is 14.3. The summed E-state index contributed by atoms with van der Waals surface area (Å²) in [7, 11) is 0. The van der Waals surface area contributed by atoms with Crippen LogP contribution in [0.15, 0.2) is 24.4 Å². The van der Waals surface area contributed by atoms with Gasteiger partial charge in [-0.05, 0) is 12.1 Å². The second-order valence-electron chi connectivity index (χ2n) is 6.23. The summed E-state index contributed by atoms with van der Waals surface area (Å²) in [6.45, 7) is -0.575. The number of nitrogens with zero attached hydrogens (tertiary/aromatic N) is 1. The van der Waals surface area contributed by atoms with E-state index in [0.717, 1.165) is 23.5 Å². The van der Waals surface area contributed by atoms with Crippen molar-refractivity contribution in [1.29, 1.82) is 0 Å². The Bertz CT molecular complexity index is 849. The maximum Gasteiger partial charge on any atom is 0.207 e. The lowest BCUT2D eigenvalue weighted by atomic mass is 9.95. The summed E-state index contributed by atoms with van der Waals surface area (Å²) in [4.78, 5) is 16.4. The zero-order chi connectivity index (χ0) is 20.4. The number of carbonyl (C=O) groups is 1. The summed E-state index contributed by atoms with van der Waals surface area (Å²) < 4.78 is 32.1. The highest BCUT2D eigenvalue weighted by atomic mass is 32.1. The Morgan fingerprint density at radius 2 is 1.89 bits per heavy atom. The van der Waals surface area contributed by atoms with Crippen LogP contribution in [-0.4, -0.2) is 74.9 Å². The van der Waals surface area contributed by atoms with E-state index in [4.69, 9.17) is 4.74 Å². The van der Waals surface area contributed by atoms with E-state index in [1.807, 2.05) is 0 Å². The molecule has 3 rings (SSSR count). The lowest BCUT2D eigenvalue weighted by Gasteiger charge is -2.40. The number of aromatic nitrogens is 1. The Morgan fingerprint density at radius 1 is 1.18 bits per heavy atom. The molecule has 28 heavy (non-hydrogen) atoms. The second-order valence-corrected chi connectivity index (χ2v) is 7.26. The molecule has 11 heteroatoms. The standard InChI is InChI=1S/C17H18F2N2O6S/c18-7-1-2-8(9(19)3-7)13(23)12-5-21-17(28-12)20-4-10-14(24)16(26)15(25)11(6-22)27-10/h1-3,5,10-11,14-16,22,24-26H,4,6H2,(H,20,21)/t10-,11-,14-,15-,16-/m1/s1. The highest BCUT2D eigenvalue weighted by molar-refractivity contribution is 7.17. The molecule has 0 amide bonds. The number of benzene rings is 1. The van der Waals surface area contributed by atoms with Crippen LogP contribution in [0.2, 0.25) is 0 Å². The third-order valence-corrected chi connectivity index (χ3v) is 5.30. The summed E-state index contributed by atoms with van der Waals surface area (Å²) in [6, 6.07) is 2.65. The lowest BCUT2D eigenvalue weighted by Crippen LogP contribution is -2.60. The quantitative estimate of drug-likeness (QED) is 0.413. The van der Waals surface area contributed by atoms with Gasteiger partial charge in [-0.3, -0.25) is 4.79 Å². The van der Waals surface area contributed by atoms with Gasteiger partial charge in [0.15, 0.2) is 5.13 Å². The fourth-order valence-electron chi connectivity index (χ4n) is 2.80. The molecule has 1 aliphatic rings. The van der Waals surface area contributed by atoms with Gasteiger partial charge >= 0.3 is 0 Å². The molecule has 2 aromatic rings. The molecule has 1 aromatic carbocycles. The number of anilines is 1. The van der Waals surface area contributed by atoms with Gasteiger partial charge in [0, 0.05) is 12.6 Å². The van der Waals surface area contributed by atoms with Crippen molar-refractivity contribution in [1.82, 2.24) is 4.98 Å². The molecule has 0 bridgehead atoms. The van der Waals surface area contributed by atoms with Crippen molar-refractivity contribution in [2.75, 3.05) is 18.5 Å². The van der Waals surface area contributed by atoms with Crippen molar-refractivity contribution < 1.29 is 38.7 Å². The summed E-state index contributed by atoms with van der Waals surface area (Å²) in [5.41, 5.74) is -0.287. The van der Waals surface area contributed by atoms with Gasteiger partial charge in [-0.25, -0.2) is 13.8 Å². The summed E-state index contributed by atoms with van der Waals surface area (Å²) in [5, 5.41) is 41.8. The predicted octanol–water partition coefficient (Wildman–Crippen LogP) is -0.0934. The highest BCUT2D eigenvalue weighted by Crippen LogP contribution is 2.25. The van der Waals surface area contributed by atoms with E-state index >= 15 is 0 Å². The van der Waals surface area contributed by atoms with Crippen LogP contribution in [0.4, 0.5) is 13.9 Å². The SMILES string of the molecule is O=C(c1cnc(NC[C@H]2O[C@H](CO)[C@@H](O)[C@H](O)[C@@H]2O)s1)c1ccc(F)cc1F. The van der Waals surface area contributed by atoms with Crippen LogP contribution in [0.25, 0.3) is 0 Å². The van der Waals surface area contributed by atoms with Crippen molar-refractivity contribution in [2.24, 2.45) is 0 Å². The van der Waals surface area contributed by atoms with E-state index in [0.29, 0.717) is 6.07 Å². The topological polar surface area (TPSA) is 132 Å². The van der Waals surface area contributed by atoms with Crippen molar-refractivity contribution >= 4 is 22.3 Å². The number of carbonyl (C=O) groups excluding carboxylic acids is 1. The molecule has 0 aliphatic carbocycles. The average Bonchev–Trinajstić information content (AvgIpc) is 3.14. The van der Waals surface area contributed by atoms with E-state index in [-0.39, 0.29) is 22.1 Å². The van der Waals surface area contributed by atoms with Crippen molar-refractivity contribution in [3.8, 4) is 0 Å². The van der Waals surface area contributed by atoms with Gasteiger partial charge in [0.05, 0.1) is 23.2 Å². The Labute approximate surface area is 162 Å². The van der Waals surface area contributed by atoms with Gasteiger partial charge in [0.25, 0.3) is 0 Å². The fourth-order valence-corrected chi connectivity index (χ4v) is 3.58. The molecule has 0 radical (unpaired) electrons. The molecule has 5 N–H and O–H groups in total. The number of aliphatic hydroxyl groups excluding tert-OH is 4. The van der Waals surface area contributed by atoms with Crippen molar-refractivity contribution in [2.45, 2.75) is 30.5 Å². The van der Waals surface area contributed by atoms with Crippen LogP contribution in [-0.2, 0) is 4.74 Å². The van der Waals surface area contributed by atoms with Gasteiger partial charge in [-0.2, -0.15) is 0 Å². The minimum Gasteiger partial charge on any atom is -0.394 e. The number of hydrogen-bond acceptors (Lipinski definition) is 9. The third-order valence-electron chi connectivity index (χ3n) is 4.35. The molecule has 1 aliphatic heterocycles. The molecule has 1 fully saturated rings. The van der Waals surface area contributed by atoms with Gasteiger partial charge in [0.2, 0.25) is 5.78 Å². The van der Waals surface area contributed by atoms with E-state index in [1.165, 1.54) is 6.20 Å². The lowest BCUT2D eigenvalue weighted by molar-refractivity contribution is -0.225. The molecule has 152 valence electrons. The largest absolute Gasteiger partial charge is 0.394 e. The molecule has 8 nitrogen and oxygen atoms in total. The first-order valence-corrected chi connectivity index (χ1v) is 9.13. The number of ether oxygens (including phenoxy) is 1. The Morgan fingerprint density at radius 3 is 2.57 bits per heavy atom. The number of nitrogens with one attached hydrogen (secondary N) is 1. The van der Waals surface area contributed by atoms with E-state index in [1.54, 1.807) is 0 Å². The second kappa shape index (κ2) is 8.55. The van der Waals surface area contributed by atoms with Gasteiger partial charge in [0.1, 0.15) is 42.2 Å². The number of hydrogen-bond donors (Lipinski definition) is 5. The van der Waals surface area contributed by atoms with Gasteiger partial charge in [-0.1, -0.05) is 11.3 Å². The zero-order valence-corrected chi connectivity index (χ0v) is 15.1. The van der Waals surface area contributed by atoms with Crippen molar-refractivity contribution in [3.63, 3.8) is 0 Å². The Balaban J connectivity index is 1.65. The average molecular weight is 416 g/mol. The molecule has 0 spiro atoms. The van der Waals surface area contributed by atoms with Crippen LogP contribution in [0.1, 0.15) is 15.2 Å². The first-order valence-electron chi connectivity index (χ1n) is 8.31. The van der Waals surface area contributed by atoms with Gasteiger partial charge < -0.3 is 30.5 Å². The van der Waals surface area contributed by atoms with Crippen molar-refractivity contribution in [3.05, 3.63) is 46.5 Å². The predicted molar refractivity (Wildman–Crippen MR) is 94.2 cm³/mol. The Hall–Kier alpha value is -2.02. The third kappa shape index (κ3) is 4.19. The molecule has 0 saturated carbocycles. The smallest absolute Gasteiger partial charge is 0.207 e. The van der Waals surface area contributed by atoms with E-state index in [9.17, 15) is 34.0 Å². The Kier molecular flexibility index (Phi) is 6.33. The monoisotopic (exact) mass is 416 g/mol. The molecule has 0 unspecified atom stereocenters. The number of halogens is 2. The normalized spacial score (nSPS) is 27.6. The molecule has 5 atom stereocenters. The molecule has 2 heterocycles. The number of aliphatic hydroxyl groups is 4. The molecular weight excluding hydrogens is 398 g/mol. The summed E-state index contributed by atoms with van der Waals surface area (Å²) >= 11 is 0.916. The number of rotatable bonds is 6. The fraction of sp³-hybridized carbons (Fsp3) is 0.412. The highest BCUT2D eigenvalue weighted by Gasteiger charge is 2.43. The minimum absolute atomic E-state index is 0.0342. The first kappa shape index (κ1) is 20.7. The summed E-state index contributed by atoms with van der Waals surface area (Å²) in [6.07, 6.45) is -5.10. The molecular formula is C17H18F2N2O6S. The first-order chi connectivity index (χ1) is 13.3. The summed E-state index contributed by atoms with van der Waals surface area (Å²) in [5.74, 6) is -2.43. The van der Waals surface area contributed by atoms with Crippen LogP contribution < -0.4 is 5.32 Å². The van der Waals surface area contributed by atoms with Crippen LogP contribution >= 0.6 is 11.3 Å². The van der Waals surface area contributed by atoms with Crippen LogP contribution in [0.5, 0.6) is 0 Å². The number of thiazole rings is 1. The minimum atomic E-state index is -1.49. The van der Waals surface area contributed by atoms with Crippen LogP contribution in [0.3, 0.4) is 0 Å². The maximum atomic E-state index is 13.8. The van der Waals surface area contributed by atoms with Gasteiger partial charge in [-0.15, -0.1) is 0 Å². The molecule has 1 saturated heterocycles.